The van der Waals surface area contributed by atoms with E-state index in [1.165, 1.54) is 7.11 Å². The zero-order valence-electron chi connectivity index (χ0n) is 15.7. The number of benzene rings is 2. The molecular weight excluding hydrogens is 417 g/mol. The number of ether oxygens (including phenoxy) is 2. The number of halogens is 2. The number of hydrogen-bond acceptors (Lipinski definition) is 5. The average molecular weight is 436 g/mol. The van der Waals surface area contributed by atoms with Crippen LogP contribution in [0.4, 0.5) is 5.69 Å². The first-order chi connectivity index (χ1) is 13.9. The maximum absolute atomic E-state index is 12.5. The highest BCUT2D eigenvalue weighted by Crippen LogP contribution is 2.34. The van der Waals surface area contributed by atoms with E-state index in [4.69, 9.17) is 42.2 Å². The van der Waals surface area contributed by atoms with Crippen LogP contribution in [-0.4, -0.2) is 24.2 Å². The Morgan fingerprint density at radius 1 is 1.14 bits per heavy atom. The van der Waals surface area contributed by atoms with E-state index in [-0.39, 0.29) is 12.5 Å². The Labute approximate surface area is 178 Å². The summed E-state index contributed by atoms with van der Waals surface area (Å²) in [6.45, 7) is 1.43. The summed E-state index contributed by atoms with van der Waals surface area (Å²) >= 11 is 12.0. The van der Waals surface area contributed by atoms with Gasteiger partial charge in [-0.1, -0.05) is 23.2 Å². The Kier molecular flexibility index (Phi) is 6.69. The topological polar surface area (TPSA) is 80.9 Å². The first kappa shape index (κ1) is 21.0. The molecule has 0 saturated carbocycles. The van der Waals surface area contributed by atoms with Gasteiger partial charge in [0, 0.05) is 16.8 Å². The van der Waals surface area contributed by atoms with Crippen LogP contribution in [0.5, 0.6) is 11.5 Å². The fourth-order valence-corrected chi connectivity index (χ4v) is 3.09. The second-order valence-corrected chi connectivity index (χ2v) is 7.01. The molecule has 1 heterocycles. The molecule has 0 spiro atoms. The van der Waals surface area contributed by atoms with Gasteiger partial charge in [0.15, 0.2) is 6.10 Å². The molecule has 2 N–H and O–H groups in total. The number of hydrogen-bond donors (Lipinski definition) is 2. The van der Waals surface area contributed by atoms with E-state index in [2.05, 4.69) is 5.32 Å². The van der Waals surface area contributed by atoms with Crippen molar-refractivity contribution in [1.82, 2.24) is 0 Å². The van der Waals surface area contributed by atoms with Crippen LogP contribution < -0.4 is 14.8 Å². The van der Waals surface area contributed by atoms with Crippen molar-refractivity contribution in [2.24, 2.45) is 0 Å². The smallest absolute Gasteiger partial charge is 0.265 e. The molecule has 3 rings (SSSR count). The normalized spacial score (nSPS) is 11.8. The minimum absolute atomic E-state index is 0.189. The zero-order valence-corrected chi connectivity index (χ0v) is 17.3. The molecule has 8 heteroatoms. The van der Waals surface area contributed by atoms with Gasteiger partial charge >= 0.3 is 0 Å². The Hall–Kier alpha value is -2.67. The van der Waals surface area contributed by atoms with Gasteiger partial charge in [-0.2, -0.15) is 0 Å². The van der Waals surface area contributed by atoms with Crippen molar-refractivity contribution in [2.45, 2.75) is 19.6 Å². The molecule has 152 valence electrons. The average Bonchev–Trinajstić information content (AvgIpc) is 3.19. The van der Waals surface area contributed by atoms with E-state index in [9.17, 15) is 4.79 Å². The quantitative estimate of drug-likeness (QED) is 0.535. The number of furan rings is 1. The molecule has 3 aromatic rings. The van der Waals surface area contributed by atoms with Gasteiger partial charge in [0.2, 0.25) is 0 Å². The maximum atomic E-state index is 12.5. The Morgan fingerprint density at radius 2 is 1.93 bits per heavy atom. The van der Waals surface area contributed by atoms with Crippen LogP contribution in [-0.2, 0) is 11.4 Å². The van der Waals surface area contributed by atoms with Crippen molar-refractivity contribution in [2.75, 3.05) is 12.4 Å². The van der Waals surface area contributed by atoms with Crippen LogP contribution in [0.25, 0.3) is 11.3 Å². The Balaban J connectivity index is 1.72. The monoisotopic (exact) mass is 435 g/mol. The predicted molar refractivity (Wildman–Crippen MR) is 112 cm³/mol. The lowest BCUT2D eigenvalue weighted by Gasteiger charge is -2.16. The van der Waals surface area contributed by atoms with Crippen molar-refractivity contribution in [3.05, 3.63) is 64.3 Å². The van der Waals surface area contributed by atoms with Crippen LogP contribution in [0.3, 0.4) is 0 Å². The van der Waals surface area contributed by atoms with Gasteiger partial charge in [-0.25, -0.2) is 0 Å². The minimum atomic E-state index is -0.795. The van der Waals surface area contributed by atoms with Crippen LogP contribution in [0.2, 0.25) is 10.0 Å². The molecule has 0 aliphatic carbocycles. The molecule has 0 saturated heterocycles. The van der Waals surface area contributed by atoms with Crippen molar-refractivity contribution in [3.63, 3.8) is 0 Å². The van der Waals surface area contributed by atoms with Crippen molar-refractivity contribution in [1.29, 1.82) is 0 Å². The van der Waals surface area contributed by atoms with Crippen molar-refractivity contribution < 1.29 is 23.8 Å². The number of carbonyl (C=O) groups excluding carboxylic acids is 1. The maximum Gasteiger partial charge on any atom is 0.265 e. The van der Waals surface area contributed by atoms with Gasteiger partial charge < -0.3 is 24.3 Å². The van der Waals surface area contributed by atoms with E-state index in [1.807, 2.05) is 0 Å². The molecule has 1 aromatic heterocycles. The summed E-state index contributed by atoms with van der Waals surface area (Å²) in [6.07, 6.45) is -0.795. The number of anilines is 1. The van der Waals surface area contributed by atoms with Crippen LogP contribution >= 0.6 is 23.2 Å². The van der Waals surface area contributed by atoms with Gasteiger partial charge in [0.1, 0.15) is 29.6 Å². The zero-order chi connectivity index (χ0) is 21.0. The van der Waals surface area contributed by atoms with Crippen LogP contribution in [0.15, 0.2) is 52.9 Å². The third kappa shape index (κ3) is 5.03. The summed E-state index contributed by atoms with van der Waals surface area (Å²) in [5.41, 5.74) is 1.23. The highest BCUT2D eigenvalue weighted by molar-refractivity contribution is 6.35. The molecule has 0 bridgehead atoms. The molecule has 0 aliphatic heterocycles. The minimum Gasteiger partial charge on any atom is -0.496 e. The van der Waals surface area contributed by atoms with Crippen LogP contribution in [0.1, 0.15) is 12.7 Å². The van der Waals surface area contributed by atoms with Gasteiger partial charge in [-0.3, -0.25) is 4.79 Å². The molecule has 2 aromatic carbocycles. The summed E-state index contributed by atoms with van der Waals surface area (Å²) in [5, 5.41) is 12.7. The highest BCUT2D eigenvalue weighted by atomic mass is 35.5. The molecule has 0 aliphatic rings. The SMILES string of the molecule is COc1cc(NC(=O)C(C)Oc2ccc(Cl)cc2Cl)ccc1-c1ccc(CO)o1. The van der Waals surface area contributed by atoms with Crippen molar-refractivity contribution >= 4 is 34.8 Å². The number of nitrogens with one attached hydrogen (secondary N) is 1. The fourth-order valence-electron chi connectivity index (χ4n) is 2.64. The van der Waals surface area contributed by atoms with E-state index < -0.39 is 6.10 Å². The first-order valence-electron chi connectivity index (χ1n) is 8.72. The summed E-state index contributed by atoms with van der Waals surface area (Å²) < 4.78 is 16.6. The highest BCUT2D eigenvalue weighted by Gasteiger charge is 2.18. The van der Waals surface area contributed by atoms with E-state index in [0.29, 0.717) is 44.3 Å². The largest absolute Gasteiger partial charge is 0.496 e. The molecule has 6 nitrogen and oxygen atoms in total. The number of amides is 1. The van der Waals surface area contributed by atoms with Gasteiger partial charge in [-0.15, -0.1) is 0 Å². The number of rotatable bonds is 7. The third-order valence-corrected chi connectivity index (χ3v) is 4.65. The molecular formula is C21H19Cl2NO5. The summed E-state index contributed by atoms with van der Waals surface area (Å²) in [5.74, 6) is 1.52. The lowest BCUT2D eigenvalue weighted by atomic mass is 10.1. The number of methoxy groups -OCH3 is 1. The molecule has 29 heavy (non-hydrogen) atoms. The summed E-state index contributed by atoms with van der Waals surface area (Å²) in [6, 6.07) is 13.4. The van der Waals surface area contributed by atoms with Gasteiger partial charge in [0.25, 0.3) is 5.91 Å². The molecule has 1 atom stereocenters. The number of aliphatic hydroxyl groups excluding tert-OH is 1. The lowest BCUT2D eigenvalue weighted by Crippen LogP contribution is -2.30. The molecule has 1 unspecified atom stereocenters. The van der Waals surface area contributed by atoms with Crippen molar-refractivity contribution in [3.8, 4) is 22.8 Å². The number of carbonyl (C=O) groups is 1. The Morgan fingerprint density at radius 3 is 2.59 bits per heavy atom. The fraction of sp³-hybridized carbons (Fsp3) is 0.190. The van der Waals surface area contributed by atoms with Gasteiger partial charge in [0.05, 0.1) is 17.7 Å². The van der Waals surface area contributed by atoms with E-state index in [0.717, 1.165) is 0 Å². The van der Waals surface area contributed by atoms with E-state index >= 15 is 0 Å². The summed E-state index contributed by atoms with van der Waals surface area (Å²) in [7, 11) is 1.52. The second kappa shape index (κ2) is 9.22. The third-order valence-electron chi connectivity index (χ3n) is 4.12. The van der Waals surface area contributed by atoms with E-state index in [1.54, 1.807) is 55.5 Å². The number of aliphatic hydroxyl groups is 1. The molecule has 0 fully saturated rings. The predicted octanol–water partition coefficient (Wildman–Crippen LogP) is 5.16. The Bertz CT molecular complexity index is 1020. The summed E-state index contributed by atoms with van der Waals surface area (Å²) in [4.78, 5) is 12.5. The molecule has 1 amide bonds. The van der Waals surface area contributed by atoms with Gasteiger partial charge in [-0.05, 0) is 49.4 Å². The second-order valence-electron chi connectivity index (χ2n) is 6.16. The standard InChI is InChI=1S/C21H19Cl2NO5/c1-12(28-19-7-3-13(22)9-17(19)23)21(26)24-14-4-6-16(20(10-14)27-2)18-8-5-15(11-25)29-18/h3-10,12,25H,11H2,1-2H3,(H,24,26). The first-order valence-corrected chi connectivity index (χ1v) is 9.47. The molecule has 0 radical (unpaired) electrons. The van der Waals surface area contributed by atoms with Crippen LogP contribution in [0, 0.1) is 0 Å². The lowest BCUT2D eigenvalue weighted by molar-refractivity contribution is -0.122.